The van der Waals surface area contributed by atoms with Gasteiger partial charge in [0, 0.05) is 17.5 Å². The zero-order chi connectivity index (χ0) is 18.8. The molecule has 25 heavy (non-hydrogen) atoms. The number of Topliss-reactive ketones (excluding diaryl/α,β-unsaturated/α-hetero) is 1. The van der Waals surface area contributed by atoms with Crippen LogP contribution in [0.15, 0.2) is 4.42 Å². The van der Waals surface area contributed by atoms with E-state index in [-0.39, 0.29) is 35.1 Å². The van der Waals surface area contributed by atoms with Gasteiger partial charge in [0.1, 0.15) is 6.04 Å². The molecule has 1 amide bonds. The van der Waals surface area contributed by atoms with Crippen LogP contribution in [0.25, 0.3) is 0 Å². The highest BCUT2D eigenvalue weighted by Gasteiger charge is 2.38. The van der Waals surface area contributed by atoms with Crippen LogP contribution in [-0.2, 0) is 10.2 Å². The van der Waals surface area contributed by atoms with Crippen molar-refractivity contribution >= 4 is 11.7 Å². The van der Waals surface area contributed by atoms with Crippen LogP contribution in [0, 0.1) is 0 Å². The second-order valence-corrected chi connectivity index (χ2v) is 8.36. The molecule has 140 valence electrons. The molecule has 0 saturated carbocycles. The lowest BCUT2D eigenvalue weighted by atomic mass is 9.90. The molecule has 0 aliphatic carbocycles. The van der Waals surface area contributed by atoms with Gasteiger partial charge in [0.25, 0.3) is 5.89 Å². The van der Waals surface area contributed by atoms with E-state index in [4.69, 9.17) is 4.42 Å². The highest BCUT2D eigenvalue weighted by atomic mass is 16.4. The molecule has 1 saturated heterocycles. The average molecular weight is 350 g/mol. The minimum Gasteiger partial charge on any atom is -0.418 e. The van der Waals surface area contributed by atoms with E-state index in [9.17, 15) is 9.59 Å². The van der Waals surface area contributed by atoms with Crippen LogP contribution in [0.5, 0.6) is 0 Å². The van der Waals surface area contributed by atoms with Crippen molar-refractivity contribution in [2.24, 2.45) is 0 Å². The van der Waals surface area contributed by atoms with Crippen LogP contribution < -0.4 is 5.32 Å². The van der Waals surface area contributed by atoms with Gasteiger partial charge in [0.05, 0.1) is 6.54 Å². The van der Waals surface area contributed by atoms with Gasteiger partial charge in [-0.2, -0.15) is 0 Å². The zero-order valence-corrected chi connectivity index (χ0v) is 16.2. The Labute approximate surface area is 149 Å². The summed E-state index contributed by atoms with van der Waals surface area (Å²) in [7, 11) is 0. The molecule has 1 aliphatic heterocycles. The van der Waals surface area contributed by atoms with Gasteiger partial charge in [-0.3, -0.25) is 9.59 Å². The first-order chi connectivity index (χ1) is 11.5. The number of hydrogen-bond acceptors (Lipinski definition) is 6. The van der Waals surface area contributed by atoms with Gasteiger partial charge in [-0.15, -0.1) is 10.2 Å². The topological polar surface area (TPSA) is 88.3 Å². The number of ketones is 1. The van der Waals surface area contributed by atoms with E-state index in [1.54, 1.807) is 4.90 Å². The van der Waals surface area contributed by atoms with Crippen molar-refractivity contribution in [1.82, 2.24) is 20.4 Å². The van der Waals surface area contributed by atoms with Crippen molar-refractivity contribution in [3.63, 3.8) is 0 Å². The molecule has 0 spiro atoms. The molecule has 0 bridgehead atoms. The van der Waals surface area contributed by atoms with Crippen LogP contribution in [-0.4, -0.2) is 51.5 Å². The minimum absolute atomic E-state index is 0.00463. The Morgan fingerprint density at radius 2 is 1.92 bits per heavy atom. The molecule has 1 aromatic heterocycles. The molecule has 2 rings (SSSR count). The Bertz CT molecular complexity index is 631. The average Bonchev–Trinajstić information content (AvgIpc) is 3.20. The summed E-state index contributed by atoms with van der Waals surface area (Å²) in [4.78, 5) is 26.9. The summed E-state index contributed by atoms with van der Waals surface area (Å²) in [5.74, 6) is 0.139. The highest BCUT2D eigenvalue weighted by Crippen LogP contribution is 2.27. The van der Waals surface area contributed by atoms with Gasteiger partial charge in [0.2, 0.25) is 17.6 Å². The Kier molecular flexibility index (Phi) is 5.66. The number of rotatable bonds is 6. The lowest BCUT2D eigenvalue weighted by Crippen LogP contribution is -2.48. The molecular formula is C18H30N4O3. The predicted molar refractivity (Wildman–Crippen MR) is 94.4 cm³/mol. The fourth-order valence-corrected chi connectivity index (χ4v) is 2.67. The summed E-state index contributed by atoms with van der Waals surface area (Å²) in [5, 5.41) is 11.1. The van der Waals surface area contributed by atoms with Crippen molar-refractivity contribution in [2.45, 2.75) is 77.8 Å². The number of aromatic nitrogens is 2. The normalized spacial score (nSPS) is 18.6. The van der Waals surface area contributed by atoms with Gasteiger partial charge in [-0.05, 0) is 40.0 Å². The predicted octanol–water partition coefficient (Wildman–Crippen LogP) is 2.32. The van der Waals surface area contributed by atoms with Crippen molar-refractivity contribution in [3.8, 4) is 0 Å². The summed E-state index contributed by atoms with van der Waals surface area (Å²) in [6.45, 7) is 12.8. The van der Waals surface area contributed by atoms with Crippen LogP contribution in [0.3, 0.4) is 0 Å². The monoisotopic (exact) mass is 350 g/mol. The molecule has 1 aliphatic rings. The first kappa shape index (κ1) is 19.6. The Morgan fingerprint density at radius 1 is 1.24 bits per heavy atom. The number of carbonyl (C=O) groups excluding carboxylic acids is 2. The SMILES string of the molecule is CCC(C)(C)c1nnc(C(=O)C2CCCN2C(=O)CNC(C)(C)C)o1. The molecule has 1 N–H and O–H groups in total. The third-order valence-corrected chi connectivity index (χ3v) is 4.74. The minimum atomic E-state index is -0.507. The number of likely N-dealkylation sites (tertiary alicyclic amines) is 1. The summed E-state index contributed by atoms with van der Waals surface area (Å²) >= 11 is 0. The molecule has 1 fully saturated rings. The third kappa shape index (κ3) is 4.66. The van der Waals surface area contributed by atoms with Gasteiger partial charge in [0.15, 0.2) is 0 Å². The molecule has 1 unspecified atom stereocenters. The van der Waals surface area contributed by atoms with E-state index in [1.165, 1.54) is 0 Å². The molecule has 0 radical (unpaired) electrons. The largest absolute Gasteiger partial charge is 0.418 e. The number of nitrogens with one attached hydrogen (secondary N) is 1. The highest BCUT2D eigenvalue weighted by molar-refractivity contribution is 5.98. The van der Waals surface area contributed by atoms with Crippen LogP contribution in [0.2, 0.25) is 0 Å². The standard InChI is InChI=1S/C18H30N4O3/c1-7-18(5,6)16-21-20-15(25-16)14(24)12-9-8-10-22(12)13(23)11-19-17(2,3)4/h12,19H,7-11H2,1-6H3. The molecule has 1 atom stereocenters. The smallest absolute Gasteiger partial charge is 0.286 e. The lowest BCUT2D eigenvalue weighted by molar-refractivity contribution is -0.130. The molecule has 1 aromatic rings. The first-order valence-corrected chi connectivity index (χ1v) is 8.98. The van der Waals surface area contributed by atoms with Crippen molar-refractivity contribution in [1.29, 1.82) is 0 Å². The second kappa shape index (κ2) is 7.23. The maximum atomic E-state index is 12.8. The van der Waals surface area contributed by atoms with Crippen molar-refractivity contribution in [2.75, 3.05) is 13.1 Å². The van der Waals surface area contributed by atoms with E-state index in [0.717, 1.165) is 12.8 Å². The number of amides is 1. The van der Waals surface area contributed by atoms with Crippen LogP contribution in [0.1, 0.15) is 77.4 Å². The first-order valence-electron chi connectivity index (χ1n) is 8.98. The summed E-state index contributed by atoms with van der Waals surface area (Å²) in [6, 6.07) is -0.507. The molecule has 2 heterocycles. The number of hydrogen-bond donors (Lipinski definition) is 1. The molecule has 0 aromatic carbocycles. The van der Waals surface area contributed by atoms with Gasteiger partial charge in [-0.25, -0.2) is 0 Å². The molecule has 7 nitrogen and oxygen atoms in total. The molecule has 7 heteroatoms. The van der Waals surface area contributed by atoms with Crippen molar-refractivity contribution in [3.05, 3.63) is 11.8 Å². The number of nitrogens with zero attached hydrogens (tertiary/aromatic N) is 3. The lowest BCUT2D eigenvalue weighted by Gasteiger charge is -2.26. The fourth-order valence-electron chi connectivity index (χ4n) is 2.67. The fraction of sp³-hybridized carbons (Fsp3) is 0.778. The summed E-state index contributed by atoms with van der Waals surface area (Å²) < 4.78 is 5.63. The zero-order valence-electron chi connectivity index (χ0n) is 16.2. The van der Waals surface area contributed by atoms with Crippen LogP contribution in [0.4, 0.5) is 0 Å². The van der Waals surface area contributed by atoms with E-state index in [2.05, 4.69) is 15.5 Å². The van der Waals surface area contributed by atoms with Gasteiger partial charge < -0.3 is 14.6 Å². The Balaban J connectivity index is 2.09. The van der Waals surface area contributed by atoms with E-state index >= 15 is 0 Å². The maximum absolute atomic E-state index is 12.8. The van der Waals surface area contributed by atoms with E-state index in [1.807, 2.05) is 41.5 Å². The van der Waals surface area contributed by atoms with E-state index < -0.39 is 6.04 Å². The maximum Gasteiger partial charge on any atom is 0.286 e. The second-order valence-electron chi connectivity index (χ2n) is 8.36. The van der Waals surface area contributed by atoms with Crippen LogP contribution >= 0.6 is 0 Å². The summed E-state index contributed by atoms with van der Waals surface area (Å²) in [6.07, 6.45) is 2.27. The van der Waals surface area contributed by atoms with E-state index in [0.29, 0.717) is 18.9 Å². The summed E-state index contributed by atoms with van der Waals surface area (Å²) in [5.41, 5.74) is -0.421. The Hall–Kier alpha value is -1.76. The van der Waals surface area contributed by atoms with Gasteiger partial charge >= 0.3 is 0 Å². The third-order valence-electron chi connectivity index (χ3n) is 4.74. The quantitative estimate of drug-likeness (QED) is 0.792. The van der Waals surface area contributed by atoms with Crippen molar-refractivity contribution < 1.29 is 14.0 Å². The van der Waals surface area contributed by atoms with Gasteiger partial charge in [-0.1, -0.05) is 20.8 Å². The Morgan fingerprint density at radius 3 is 2.52 bits per heavy atom. The number of carbonyl (C=O) groups is 2. The molecular weight excluding hydrogens is 320 g/mol.